The average molecular weight is 288 g/mol. The van der Waals surface area contributed by atoms with Gasteiger partial charge in [0.2, 0.25) is 10.0 Å². The van der Waals surface area contributed by atoms with Crippen LogP contribution in [0, 0.1) is 0 Å². The van der Waals surface area contributed by atoms with E-state index in [-0.39, 0.29) is 24.1 Å². The molecule has 1 rings (SSSR count). The molecule has 0 bridgehead atoms. The van der Waals surface area contributed by atoms with E-state index in [1.54, 1.807) is 12.1 Å². The number of hydrogen-bond acceptors (Lipinski definition) is 5. The van der Waals surface area contributed by atoms with Crippen molar-refractivity contribution < 1.29 is 18.6 Å². The molecule has 0 fully saturated rings. The van der Waals surface area contributed by atoms with Gasteiger partial charge in [-0.15, -0.1) is 0 Å². The number of sulfonamides is 1. The van der Waals surface area contributed by atoms with E-state index in [1.165, 1.54) is 19.1 Å². The van der Waals surface area contributed by atoms with Crippen molar-refractivity contribution in [1.82, 2.24) is 5.32 Å². The average Bonchev–Trinajstić information content (AvgIpc) is 2.35. The van der Waals surface area contributed by atoms with E-state index in [0.717, 1.165) is 5.56 Å². The van der Waals surface area contributed by atoms with Crippen LogP contribution in [-0.2, 0) is 10.0 Å². The van der Waals surface area contributed by atoms with Crippen LogP contribution in [0.2, 0.25) is 0 Å². The zero-order valence-corrected chi connectivity index (χ0v) is 11.8. The summed E-state index contributed by atoms with van der Waals surface area (Å²) in [6.07, 6.45) is 0. The van der Waals surface area contributed by atoms with Gasteiger partial charge in [0.1, 0.15) is 0 Å². The summed E-state index contributed by atoms with van der Waals surface area (Å²) in [6, 6.07) is 6.10. The van der Waals surface area contributed by atoms with E-state index < -0.39 is 15.6 Å². The Labute approximate surface area is 113 Å². The first-order valence-electron chi connectivity index (χ1n) is 5.85. The van der Waals surface area contributed by atoms with Gasteiger partial charge in [0.15, 0.2) is 0 Å². The molecule has 7 heteroatoms. The maximum absolute atomic E-state index is 11.1. The zero-order chi connectivity index (χ0) is 14.7. The fourth-order valence-electron chi connectivity index (χ4n) is 1.49. The third kappa shape index (κ3) is 4.88. The quantitative estimate of drug-likeness (QED) is 0.575. The minimum absolute atomic E-state index is 0.0609. The zero-order valence-electron chi connectivity index (χ0n) is 11.0. The largest absolute Gasteiger partial charge is 0.393 e. The van der Waals surface area contributed by atoms with Crippen LogP contribution in [0.15, 0.2) is 29.2 Å². The summed E-state index contributed by atoms with van der Waals surface area (Å²) in [7, 11) is -3.68. The van der Waals surface area contributed by atoms with E-state index in [2.05, 4.69) is 5.32 Å². The Morgan fingerprint density at radius 2 is 1.89 bits per heavy atom. The van der Waals surface area contributed by atoms with Crippen LogP contribution in [0.1, 0.15) is 25.5 Å². The number of aliphatic hydroxyl groups is 2. The van der Waals surface area contributed by atoms with Gasteiger partial charge < -0.3 is 15.5 Å². The van der Waals surface area contributed by atoms with E-state index in [0.29, 0.717) is 0 Å². The van der Waals surface area contributed by atoms with Gasteiger partial charge in [-0.1, -0.05) is 12.1 Å². The molecule has 0 aromatic heterocycles. The van der Waals surface area contributed by atoms with Gasteiger partial charge in [-0.25, -0.2) is 13.6 Å². The van der Waals surface area contributed by atoms with Gasteiger partial charge in [-0.3, -0.25) is 0 Å². The molecule has 2 unspecified atom stereocenters. The monoisotopic (exact) mass is 288 g/mol. The van der Waals surface area contributed by atoms with Crippen molar-refractivity contribution in [2.45, 2.75) is 30.4 Å². The Balaban J connectivity index is 2.71. The third-order valence-electron chi connectivity index (χ3n) is 2.84. The van der Waals surface area contributed by atoms with E-state index in [4.69, 9.17) is 10.2 Å². The second-order valence-corrected chi connectivity index (χ2v) is 6.43. The summed E-state index contributed by atoms with van der Waals surface area (Å²) in [5, 5.41) is 26.7. The summed E-state index contributed by atoms with van der Waals surface area (Å²) in [5.74, 6) is 0. The highest BCUT2D eigenvalue weighted by Crippen LogP contribution is 2.16. The molecule has 2 atom stereocenters. The lowest BCUT2D eigenvalue weighted by Crippen LogP contribution is -2.41. The highest BCUT2D eigenvalue weighted by atomic mass is 32.2. The smallest absolute Gasteiger partial charge is 0.238 e. The van der Waals surface area contributed by atoms with Crippen molar-refractivity contribution >= 4 is 10.0 Å². The highest BCUT2D eigenvalue weighted by molar-refractivity contribution is 7.89. The molecule has 5 N–H and O–H groups in total. The molecular formula is C12H20N2O4S. The second kappa shape index (κ2) is 5.98. The molecule has 1 aromatic carbocycles. The molecule has 0 spiro atoms. The first-order valence-corrected chi connectivity index (χ1v) is 7.40. The summed E-state index contributed by atoms with van der Waals surface area (Å²) in [5.41, 5.74) is -0.324. The summed E-state index contributed by atoms with van der Waals surface area (Å²) < 4.78 is 22.2. The van der Waals surface area contributed by atoms with Crippen molar-refractivity contribution in [2.24, 2.45) is 5.14 Å². The molecule has 0 aliphatic heterocycles. The van der Waals surface area contributed by atoms with Crippen molar-refractivity contribution in [3.05, 3.63) is 29.8 Å². The lowest BCUT2D eigenvalue weighted by molar-refractivity contribution is 0.00106. The molecular weight excluding hydrogens is 268 g/mol. The molecule has 0 saturated heterocycles. The molecule has 0 aliphatic carbocycles. The Hall–Kier alpha value is -0.990. The standard InChI is InChI=1S/C12H20N2O4S/c1-9(14-7-12(2,16)8-15)10-3-5-11(6-4-10)19(13,17)18/h3-6,9,14-16H,7-8H2,1-2H3,(H2,13,17,18). The van der Waals surface area contributed by atoms with Crippen LogP contribution in [0.25, 0.3) is 0 Å². The number of primary sulfonamides is 1. The van der Waals surface area contributed by atoms with E-state index >= 15 is 0 Å². The molecule has 0 heterocycles. The maximum atomic E-state index is 11.1. The molecule has 19 heavy (non-hydrogen) atoms. The van der Waals surface area contributed by atoms with Crippen LogP contribution in [0.3, 0.4) is 0 Å². The van der Waals surface area contributed by atoms with Gasteiger partial charge in [0.05, 0.1) is 17.1 Å². The normalized spacial score (nSPS) is 16.9. The van der Waals surface area contributed by atoms with Crippen molar-refractivity contribution in [2.75, 3.05) is 13.2 Å². The van der Waals surface area contributed by atoms with E-state index in [1.807, 2.05) is 6.92 Å². The fraction of sp³-hybridized carbons (Fsp3) is 0.500. The van der Waals surface area contributed by atoms with E-state index in [9.17, 15) is 13.5 Å². The summed E-state index contributed by atoms with van der Waals surface area (Å²) in [4.78, 5) is 0.0609. The number of nitrogens with one attached hydrogen (secondary N) is 1. The SMILES string of the molecule is CC(NCC(C)(O)CO)c1ccc(S(N)(=O)=O)cc1. The van der Waals surface area contributed by atoms with Gasteiger partial charge in [-0.05, 0) is 31.5 Å². The van der Waals surface area contributed by atoms with Gasteiger partial charge in [-0.2, -0.15) is 0 Å². The Morgan fingerprint density at radius 3 is 2.32 bits per heavy atom. The van der Waals surface area contributed by atoms with Crippen LogP contribution >= 0.6 is 0 Å². The molecule has 0 aliphatic rings. The first-order chi connectivity index (χ1) is 8.65. The third-order valence-corrected chi connectivity index (χ3v) is 3.77. The Morgan fingerprint density at radius 1 is 1.37 bits per heavy atom. The Kier molecular flexibility index (Phi) is 5.05. The maximum Gasteiger partial charge on any atom is 0.238 e. The molecule has 0 saturated carbocycles. The topological polar surface area (TPSA) is 113 Å². The number of rotatable bonds is 6. The van der Waals surface area contributed by atoms with Gasteiger partial charge >= 0.3 is 0 Å². The summed E-state index contributed by atoms with van der Waals surface area (Å²) in [6.45, 7) is 3.29. The lowest BCUT2D eigenvalue weighted by atomic mass is 10.1. The van der Waals surface area contributed by atoms with Crippen LogP contribution < -0.4 is 10.5 Å². The number of benzene rings is 1. The lowest BCUT2D eigenvalue weighted by Gasteiger charge is -2.24. The fourth-order valence-corrected chi connectivity index (χ4v) is 2.01. The van der Waals surface area contributed by atoms with Crippen molar-refractivity contribution in [1.29, 1.82) is 0 Å². The molecule has 108 valence electrons. The predicted molar refractivity (Wildman–Crippen MR) is 71.9 cm³/mol. The molecule has 0 amide bonds. The first kappa shape index (κ1) is 16.1. The van der Waals surface area contributed by atoms with Crippen molar-refractivity contribution in [3.8, 4) is 0 Å². The summed E-state index contributed by atoms with van der Waals surface area (Å²) >= 11 is 0. The van der Waals surface area contributed by atoms with Gasteiger partial charge in [0.25, 0.3) is 0 Å². The van der Waals surface area contributed by atoms with Gasteiger partial charge in [0, 0.05) is 12.6 Å². The van der Waals surface area contributed by atoms with Crippen molar-refractivity contribution in [3.63, 3.8) is 0 Å². The molecule has 1 aromatic rings. The minimum Gasteiger partial charge on any atom is -0.393 e. The van der Waals surface area contributed by atoms with Crippen LogP contribution in [0.4, 0.5) is 0 Å². The van der Waals surface area contributed by atoms with Crippen LogP contribution in [-0.4, -0.2) is 37.4 Å². The number of aliphatic hydroxyl groups excluding tert-OH is 1. The molecule has 6 nitrogen and oxygen atoms in total. The highest BCUT2D eigenvalue weighted by Gasteiger charge is 2.20. The molecule has 0 radical (unpaired) electrons. The minimum atomic E-state index is -3.68. The predicted octanol–water partition coefficient (Wildman–Crippen LogP) is -0.272. The van der Waals surface area contributed by atoms with Crippen LogP contribution in [0.5, 0.6) is 0 Å². The number of nitrogens with two attached hydrogens (primary N) is 1. The Bertz CT molecular complexity index is 511. The number of hydrogen-bond donors (Lipinski definition) is 4. The second-order valence-electron chi connectivity index (χ2n) is 4.87.